The maximum Gasteiger partial charge on any atom is 0.203 e. The number of rotatable bonds is 4. The molecule has 18 heavy (non-hydrogen) atoms. The van der Waals surface area contributed by atoms with Gasteiger partial charge in [-0.1, -0.05) is 29.8 Å². The van der Waals surface area contributed by atoms with E-state index in [4.69, 9.17) is 11.6 Å². The molecule has 2 aromatic rings. The minimum absolute atomic E-state index is 0.155. The van der Waals surface area contributed by atoms with E-state index in [0.29, 0.717) is 6.04 Å². The number of halogens is 1. The fourth-order valence-electron chi connectivity index (χ4n) is 1.96. The summed E-state index contributed by atoms with van der Waals surface area (Å²) in [5.41, 5.74) is 1.10. The Morgan fingerprint density at radius 2 is 1.94 bits per heavy atom. The molecule has 1 aromatic heterocycles. The fraction of sp³-hybridized carbons (Fsp3) is 0.357. The van der Waals surface area contributed by atoms with E-state index in [0.717, 1.165) is 16.5 Å². The van der Waals surface area contributed by atoms with E-state index in [1.54, 1.807) is 6.20 Å². The number of hydrogen-bond acceptors (Lipinski definition) is 2. The third kappa shape index (κ3) is 2.67. The van der Waals surface area contributed by atoms with Crippen LogP contribution in [0.25, 0.3) is 0 Å². The third-order valence-corrected chi connectivity index (χ3v) is 3.20. The van der Waals surface area contributed by atoms with Gasteiger partial charge in [0, 0.05) is 23.5 Å². The highest BCUT2D eigenvalue weighted by Crippen LogP contribution is 2.27. The minimum atomic E-state index is 0.155. The predicted octanol–water partition coefficient (Wildman–Crippen LogP) is 3.97. The predicted molar refractivity (Wildman–Crippen MR) is 76.3 cm³/mol. The Morgan fingerprint density at radius 1 is 1.22 bits per heavy atom. The molecule has 0 fully saturated rings. The highest BCUT2D eigenvalue weighted by molar-refractivity contribution is 6.31. The molecule has 0 saturated heterocycles. The SMILES string of the molecule is CC(C)Nc1nccn1C(C)c1ccccc1Cl. The first-order valence-corrected chi connectivity index (χ1v) is 6.51. The molecule has 1 unspecified atom stereocenters. The first kappa shape index (κ1) is 13.0. The van der Waals surface area contributed by atoms with Gasteiger partial charge < -0.3 is 9.88 Å². The molecule has 0 amide bonds. The molecule has 0 saturated carbocycles. The molecule has 0 aliphatic rings. The standard InChI is InChI=1S/C14H18ClN3/c1-10(2)17-14-16-8-9-18(14)11(3)12-6-4-5-7-13(12)15/h4-11H,1-3H3,(H,16,17). The lowest BCUT2D eigenvalue weighted by atomic mass is 10.1. The van der Waals surface area contributed by atoms with E-state index >= 15 is 0 Å². The Morgan fingerprint density at radius 3 is 2.61 bits per heavy atom. The maximum absolute atomic E-state index is 6.24. The quantitative estimate of drug-likeness (QED) is 0.905. The molecule has 0 spiro atoms. The summed E-state index contributed by atoms with van der Waals surface area (Å²) in [6.07, 6.45) is 3.77. The zero-order valence-electron chi connectivity index (χ0n) is 10.9. The lowest BCUT2D eigenvalue weighted by Crippen LogP contribution is -2.17. The molecular formula is C14H18ClN3. The first-order valence-electron chi connectivity index (χ1n) is 6.13. The zero-order valence-corrected chi connectivity index (χ0v) is 11.6. The molecule has 1 aromatic carbocycles. The molecule has 0 bridgehead atoms. The molecular weight excluding hydrogens is 246 g/mol. The number of anilines is 1. The van der Waals surface area contributed by atoms with Crippen molar-refractivity contribution in [1.29, 1.82) is 0 Å². The summed E-state index contributed by atoms with van der Waals surface area (Å²) in [7, 11) is 0. The molecule has 1 N–H and O–H groups in total. The van der Waals surface area contributed by atoms with Crippen molar-refractivity contribution < 1.29 is 0 Å². The molecule has 3 nitrogen and oxygen atoms in total. The summed E-state index contributed by atoms with van der Waals surface area (Å²) in [5, 5.41) is 4.12. The van der Waals surface area contributed by atoms with Gasteiger partial charge in [-0.25, -0.2) is 4.98 Å². The fourth-order valence-corrected chi connectivity index (χ4v) is 2.25. The normalized spacial score (nSPS) is 12.7. The van der Waals surface area contributed by atoms with Gasteiger partial charge in [-0.15, -0.1) is 0 Å². The van der Waals surface area contributed by atoms with E-state index in [-0.39, 0.29) is 6.04 Å². The summed E-state index contributed by atoms with van der Waals surface area (Å²) in [5.74, 6) is 0.873. The van der Waals surface area contributed by atoms with E-state index in [1.807, 2.05) is 30.5 Å². The van der Waals surface area contributed by atoms with Gasteiger partial charge in [0.2, 0.25) is 5.95 Å². The Hall–Kier alpha value is -1.48. The van der Waals surface area contributed by atoms with Gasteiger partial charge in [0.25, 0.3) is 0 Å². The Balaban J connectivity index is 2.32. The molecule has 4 heteroatoms. The van der Waals surface area contributed by atoms with Crippen LogP contribution in [0, 0.1) is 0 Å². The van der Waals surface area contributed by atoms with Crippen LogP contribution in [0.4, 0.5) is 5.95 Å². The van der Waals surface area contributed by atoms with E-state index in [1.165, 1.54) is 0 Å². The van der Waals surface area contributed by atoms with Crippen molar-refractivity contribution >= 4 is 17.5 Å². The summed E-state index contributed by atoms with van der Waals surface area (Å²) in [4.78, 5) is 4.34. The van der Waals surface area contributed by atoms with Gasteiger partial charge in [-0.3, -0.25) is 0 Å². The largest absolute Gasteiger partial charge is 0.353 e. The topological polar surface area (TPSA) is 29.9 Å². The number of nitrogens with zero attached hydrogens (tertiary/aromatic N) is 2. The number of hydrogen-bond donors (Lipinski definition) is 1. The van der Waals surface area contributed by atoms with Crippen molar-refractivity contribution in [2.24, 2.45) is 0 Å². The van der Waals surface area contributed by atoms with Crippen LogP contribution in [-0.4, -0.2) is 15.6 Å². The van der Waals surface area contributed by atoms with Crippen molar-refractivity contribution in [1.82, 2.24) is 9.55 Å². The molecule has 0 aliphatic heterocycles. The van der Waals surface area contributed by atoms with Gasteiger partial charge in [-0.2, -0.15) is 0 Å². The monoisotopic (exact) mass is 263 g/mol. The number of nitrogens with one attached hydrogen (secondary N) is 1. The summed E-state index contributed by atoms with van der Waals surface area (Å²) in [6, 6.07) is 8.42. The van der Waals surface area contributed by atoms with Crippen molar-refractivity contribution in [3.63, 3.8) is 0 Å². The molecule has 96 valence electrons. The van der Waals surface area contributed by atoms with Gasteiger partial charge in [0.15, 0.2) is 0 Å². The van der Waals surface area contributed by atoms with Crippen molar-refractivity contribution in [3.05, 3.63) is 47.2 Å². The zero-order chi connectivity index (χ0) is 13.1. The molecule has 0 radical (unpaired) electrons. The van der Waals surface area contributed by atoms with Crippen molar-refractivity contribution in [3.8, 4) is 0 Å². The van der Waals surface area contributed by atoms with Gasteiger partial charge >= 0.3 is 0 Å². The molecule has 0 aliphatic carbocycles. The van der Waals surface area contributed by atoms with Crippen LogP contribution < -0.4 is 5.32 Å². The smallest absolute Gasteiger partial charge is 0.203 e. The average Bonchev–Trinajstić information content (AvgIpc) is 2.76. The third-order valence-electron chi connectivity index (χ3n) is 2.86. The minimum Gasteiger partial charge on any atom is -0.353 e. The highest BCUT2D eigenvalue weighted by Gasteiger charge is 2.14. The van der Waals surface area contributed by atoms with Gasteiger partial charge in [0.1, 0.15) is 0 Å². The Labute approximate surface area is 113 Å². The van der Waals surface area contributed by atoms with Crippen LogP contribution in [0.2, 0.25) is 5.02 Å². The van der Waals surface area contributed by atoms with Crippen LogP contribution >= 0.6 is 11.6 Å². The van der Waals surface area contributed by atoms with E-state index < -0.39 is 0 Å². The van der Waals surface area contributed by atoms with Crippen molar-refractivity contribution in [2.45, 2.75) is 32.9 Å². The lowest BCUT2D eigenvalue weighted by molar-refractivity contribution is 0.638. The van der Waals surface area contributed by atoms with Crippen LogP contribution in [0.1, 0.15) is 32.4 Å². The summed E-state index contributed by atoms with van der Waals surface area (Å²) < 4.78 is 2.10. The second-order valence-corrected chi connectivity index (χ2v) is 5.06. The number of imidazole rings is 1. The Bertz CT molecular complexity index is 519. The second kappa shape index (κ2) is 5.44. The van der Waals surface area contributed by atoms with Crippen molar-refractivity contribution in [2.75, 3.05) is 5.32 Å². The van der Waals surface area contributed by atoms with Crippen LogP contribution in [0.15, 0.2) is 36.7 Å². The summed E-state index contributed by atoms with van der Waals surface area (Å²) >= 11 is 6.24. The molecule has 2 rings (SSSR count). The maximum atomic E-state index is 6.24. The second-order valence-electron chi connectivity index (χ2n) is 4.65. The van der Waals surface area contributed by atoms with Crippen LogP contribution in [-0.2, 0) is 0 Å². The Kier molecular flexibility index (Phi) is 3.92. The number of aromatic nitrogens is 2. The summed E-state index contributed by atoms with van der Waals surface area (Å²) in [6.45, 7) is 6.31. The van der Waals surface area contributed by atoms with Gasteiger partial charge in [0.05, 0.1) is 6.04 Å². The molecule has 1 heterocycles. The number of benzene rings is 1. The van der Waals surface area contributed by atoms with E-state index in [9.17, 15) is 0 Å². The average molecular weight is 264 g/mol. The lowest BCUT2D eigenvalue weighted by Gasteiger charge is -2.19. The van der Waals surface area contributed by atoms with E-state index in [2.05, 4.69) is 35.6 Å². The molecule has 1 atom stereocenters. The first-order chi connectivity index (χ1) is 8.59. The van der Waals surface area contributed by atoms with Crippen LogP contribution in [0.5, 0.6) is 0 Å². The van der Waals surface area contributed by atoms with Crippen LogP contribution in [0.3, 0.4) is 0 Å². The van der Waals surface area contributed by atoms with Gasteiger partial charge in [-0.05, 0) is 32.4 Å². The highest BCUT2D eigenvalue weighted by atomic mass is 35.5.